The number of carbonyl (C=O) groups is 1. The van der Waals surface area contributed by atoms with Crippen LogP contribution in [-0.2, 0) is 18.0 Å². The Labute approximate surface area is 249 Å². The number of ether oxygens (including phenoxy) is 5. The second-order valence-corrected chi connectivity index (χ2v) is 10.5. The van der Waals surface area contributed by atoms with E-state index < -0.39 is 40.6 Å². The van der Waals surface area contributed by atoms with E-state index in [1.807, 2.05) is 0 Å². The molecule has 0 aromatic heterocycles. The van der Waals surface area contributed by atoms with Crippen LogP contribution in [-0.4, -0.2) is 16.4 Å². The minimum Gasteiger partial charge on any atom is -0.489 e. The summed E-state index contributed by atoms with van der Waals surface area (Å²) in [7, 11) is 0. The molecule has 0 N–H and O–H groups in total. The van der Waals surface area contributed by atoms with Crippen LogP contribution in [0.15, 0.2) is 90.9 Å². The van der Waals surface area contributed by atoms with Crippen LogP contribution in [0.25, 0.3) is 0 Å². The van der Waals surface area contributed by atoms with Crippen molar-refractivity contribution in [3.05, 3.63) is 108 Å². The van der Waals surface area contributed by atoms with Crippen LogP contribution in [0.3, 0.4) is 0 Å². The van der Waals surface area contributed by atoms with Crippen LogP contribution in [0.4, 0.5) is 26.3 Å². The van der Waals surface area contributed by atoms with Crippen LogP contribution in [0, 0.1) is 0 Å². The lowest BCUT2D eigenvalue weighted by atomic mass is 10.2. The van der Waals surface area contributed by atoms with Crippen molar-refractivity contribution in [2.75, 3.05) is 6.61 Å². The fraction of sp³-hybridized carbons (Fsp3) is 0.148. The number of halogens is 9. The van der Waals surface area contributed by atoms with Crippen molar-refractivity contribution in [2.24, 2.45) is 0 Å². The Morgan fingerprint density at radius 3 is 1.38 bits per heavy atom. The highest BCUT2D eigenvalue weighted by molar-refractivity contribution is 6.67. The standard InChI is InChI=1S/C27H17Cl3F6O6/c28-27(29,30)14-40-26(37)17-9-20(38-12-15-1-5-18(6-2-15)41-24(35)22(31)32)11-21(10-17)39-13-16-3-7-19(8-4-16)42-25(36)23(33)34/h1-11H,12-14H2. The number of carbonyl (C=O) groups excluding carboxylic acids is 1. The first-order valence-corrected chi connectivity index (χ1v) is 12.5. The summed E-state index contributed by atoms with van der Waals surface area (Å²) in [5, 5.41) is 0. The average molecular weight is 658 g/mol. The van der Waals surface area contributed by atoms with Gasteiger partial charge in [0.05, 0.1) is 5.56 Å². The molecule has 0 amide bonds. The van der Waals surface area contributed by atoms with Crippen LogP contribution in [0.2, 0.25) is 0 Å². The van der Waals surface area contributed by atoms with Crippen molar-refractivity contribution in [1.82, 2.24) is 0 Å². The van der Waals surface area contributed by atoms with Gasteiger partial charge in [0.2, 0.25) is 3.79 Å². The third kappa shape index (κ3) is 10.9. The second-order valence-electron chi connectivity index (χ2n) is 8.02. The highest BCUT2D eigenvalue weighted by atomic mass is 35.6. The molecule has 15 heteroatoms. The van der Waals surface area contributed by atoms with E-state index in [1.165, 1.54) is 66.7 Å². The molecule has 0 aliphatic carbocycles. The van der Waals surface area contributed by atoms with E-state index in [0.29, 0.717) is 11.1 Å². The van der Waals surface area contributed by atoms with E-state index in [1.54, 1.807) is 0 Å². The predicted molar refractivity (Wildman–Crippen MR) is 141 cm³/mol. The number of hydrogen-bond acceptors (Lipinski definition) is 6. The van der Waals surface area contributed by atoms with Crippen molar-refractivity contribution < 1.29 is 54.8 Å². The molecule has 0 atom stereocenters. The molecule has 3 rings (SSSR count). The van der Waals surface area contributed by atoms with Crippen molar-refractivity contribution in [1.29, 1.82) is 0 Å². The molecule has 42 heavy (non-hydrogen) atoms. The number of benzene rings is 3. The Kier molecular flexibility index (Phi) is 11.7. The molecule has 0 bridgehead atoms. The lowest BCUT2D eigenvalue weighted by molar-refractivity contribution is 0.0511. The lowest BCUT2D eigenvalue weighted by Crippen LogP contribution is -2.17. The van der Waals surface area contributed by atoms with E-state index in [9.17, 15) is 31.1 Å². The summed E-state index contributed by atoms with van der Waals surface area (Å²) in [5.41, 5.74) is 1.02. The molecular weight excluding hydrogens is 641 g/mol. The van der Waals surface area contributed by atoms with Gasteiger partial charge in [-0.3, -0.25) is 0 Å². The van der Waals surface area contributed by atoms with Crippen molar-refractivity contribution in [3.63, 3.8) is 0 Å². The van der Waals surface area contributed by atoms with Crippen LogP contribution in [0.1, 0.15) is 21.5 Å². The molecule has 0 spiro atoms. The van der Waals surface area contributed by atoms with Gasteiger partial charge >= 0.3 is 30.2 Å². The van der Waals surface area contributed by atoms with Crippen LogP contribution in [0.5, 0.6) is 23.0 Å². The smallest absolute Gasteiger partial charge is 0.344 e. The molecule has 6 nitrogen and oxygen atoms in total. The first-order chi connectivity index (χ1) is 19.8. The van der Waals surface area contributed by atoms with Gasteiger partial charge in [-0.2, -0.15) is 26.3 Å². The Balaban J connectivity index is 1.73. The van der Waals surface area contributed by atoms with Gasteiger partial charge in [0.25, 0.3) is 0 Å². The molecule has 3 aromatic carbocycles. The fourth-order valence-electron chi connectivity index (χ4n) is 3.01. The quantitative estimate of drug-likeness (QED) is 0.0838. The molecule has 0 heterocycles. The molecular formula is C27H17Cl3F6O6. The number of esters is 1. The minimum absolute atomic E-state index is 0.0322. The summed E-state index contributed by atoms with van der Waals surface area (Å²) in [6.07, 6.45) is -5.20. The van der Waals surface area contributed by atoms with Gasteiger partial charge < -0.3 is 23.7 Å². The van der Waals surface area contributed by atoms with Gasteiger partial charge in [-0.1, -0.05) is 59.1 Å². The highest BCUT2D eigenvalue weighted by Gasteiger charge is 2.23. The van der Waals surface area contributed by atoms with Gasteiger partial charge in [-0.05, 0) is 47.5 Å². The SMILES string of the molecule is O=C(OCC(Cl)(Cl)Cl)c1cc(OCc2ccc(OC(F)=C(F)F)cc2)cc(OCc2ccc(OC(F)=C(F)F)cc2)c1. The fourth-order valence-corrected chi connectivity index (χ4v) is 3.18. The van der Waals surface area contributed by atoms with Gasteiger partial charge in [0.1, 0.15) is 42.8 Å². The Morgan fingerprint density at radius 1 is 0.619 bits per heavy atom. The highest BCUT2D eigenvalue weighted by Crippen LogP contribution is 2.29. The van der Waals surface area contributed by atoms with Crippen molar-refractivity contribution in [2.45, 2.75) is 17.0 Å². The first kappa shape index (κ1) is 32.8. The topological polar surface area (TPSA) is 63.2 Å². The summed E-state index contributed by atoms with van der Waals surface area (Å²) < 4.78 is 98.1. The zero-order valence-electron chi connectivity index (χ0n) is 20.8. The largest absolute Gasteiger partial charge is 0.489 e. The lowest BCUT2D eigenvalue weighted by Gasteiger charge is -2.14. The third-order valence-corrected chi connectivity index (χ3v) is 5.18. The predicted octanol–water partition coefficient (Wildman–Crippen LogP) is 9.20. The van der Waals surface area contributed by atoms with E-state index in [2.05, 4.69) is 9.47 Å². The summed E-state index contributed by atoms with van der Waals surface area (Å²) in [5.74, 6) is -0.934. The van der Waals surface area contributed by atoms with Crippen molar-refractivity contribution in [3.8, 4) is 23.0 Å². The van der Waals surface area contributed by atoms with E-state index in [-0.39, 0.29) is 41.8 Å². The molecule has 0 saturated heterocycles. The minimum atomic E-state index is -2.60. The second kappa shape index (κ2) is 14.9. The summed E-state index contributed by atoms with van der Waals surface area (Å²) in [6, 6.07) is 10.8. The average Bonchev–Trinajstić information content (AvgIpc) is 2.94. The molecule has 0 aliphatic rings. The normalized spacial score (nSPS) is 10.9. The van der Waals surface area contributed by atoms with Gasteiger partial charge in [0, 0.05) is 6.07 Å². The van der Waals surface area contributed by atoms with E-state index in [0.717, 1.165) is 0 Å². The molecule has 0 unspecified atom stereocenters. The van der Waals surface area contributed by atoms with Crippen molar-refractivity contribution >= 4 is 40.8 Å². The van der Waals surface area contributed by atoms with E-state index in [4.69, 9.17) is 49.0 Å². The van der Waals surface area contributed by atoms with Gasteiger partial charge in [-0.25, -0.2) is 4.79 Å². The van der Waals surface area contributed by atoms with Crippen LogP contribution >= 0.6 is 34.8 Å². The molecule has 0 saturated carbocycles. The molecule has 3 aromatic rings. The van der Waals surface area contributed by atoms with E-state index >= 15 is 0 Å². The molecule has 0 radical (unpaired) electrons. The Hall–Kier alpha value is -3.74. The Morgan fingerprint density at radius 2 is 1.02 bits per heavy atom. The third-order valence-electron chi connectivity index (χ3n) is 4.85. The maximum atomic E-state index is 13.0. The molecule has 224 valence electrons. The number of hydrogen-bond donors (Lipinski definition) is 0. The zero-order chi connectivity index (χ0) is 30.9. The van der Waals surface area contributed by atoms with Gasteiger partial charge in [0.15, 0.2) is 0 Å². The summed E-state index contributed by atoms with van der Waals surface area (Å²) >= 11 is 16.9. The summed E-state index contributed by atoms with van der Waals surface area (Å²) in [4.78, 5) is 12.6. The maximum absolute atomic E-state index is 13.0. The van der Waals surface area contributed by atoms with Crippen LogP contribution < -0.4 is 18.9 Å². The van der Waals surface area contributed by atoms with Gasteiger partial charge in [-0.15, -0.1) is 0 Å². The Bertz CT molecular complexity index is 1340. The number of rotatable bonds is 12. The molecule has 0 fully saturated rings. The summed E-state index contributed by atoms with van der Waals surface area (Å²) in [6.45, 7) is -0.701. The molecule has 0 aliphatic heterocycles. The first-order valence-electron chi connectivity index (χ1n) is 11.4. The number of alkyl halides is 3. The zero-order valence-corrected chi connectivity index (χ0v) is 23.1. The maximum Gasteiger partial charge on any atom is 0.344 e. The monoisotopic (exact) mass is 656 g/mol.